The van der Waals surface area contributed by atoms with Crippen molar-refractivity contribution in [2.24, 2.45) is 0 Å². The van der Waals surface area contributed by atoms with Crippen molar-refractivity contribution in [1.29, 1.82) is 0 Å². The van der Waals surface area contributed by atoms with Crippen molar-refractivity contribution < 1.29 is 5.11 Å². The molecule has 2 heteroatoms. The van der Waals surface area contributed by atoms with Crippen LogP contribution in [0.25, 0.3) is 0 Å². The lowest BCUT2D eigenvalue weighted by Crippen LogP contribution is -2.00. The molecular formula is C16H19NO. The van der Waals surface area contributed by atoms with Crippen LogP contribution in [0.4, 0.5) is 0 Å². The van der Waals surface area contributed by atoms with Gasteiger partial charge >= 0.3 is 0 Å². The Kier molecular flexibility index (Phi) is 4.48. The minimum Gasteiger partial charge on any atom is -0.388 e. The van der Waals surface area contributed by atoms with Crippen LogP contribution in [0.1, 0.15) is 36.1 Å². The number of aliphatic hydroxyl groups excluding tert-OH is 1. The van der Waals surface area contributed by atoms with Crippen molar-refractivity contribution in [2.75, 3.05) is 0 Å². The summed E-state index contributed by atoms with van der Waals surface area (Å²) < 4.78 is 0. The molecule has 1 aromatic carbocycles. The van der Waals surface area contributed by atoms with Gasteiger partial charge in [0.15, 0.2) is 0 Å². The van der Waals surface area contributed by atoms with Crippen molar-refractivity contribution in [3.8, 4) is 0 Å². The maximum Gasteiger partial charge on any atom is 0.0793 e. The smallest absolute Gasteiger partial charge is 0.0793 e. The quantitative estimate of drug-likeness (QED) is 0.871. The van der Waals surface area contributed by atoms with Crippen LogP contribution in [-0.4, -0.2) is 10.1 Å². The molecule has 0 spiro atoms. The highest BCUT2D eigenvalue weighted by molar-refractivity contribution is 5.24. The van der Waals surface area contributed by atoms with Gasteiger partial charge in [-0.05, 0) is 48.1 Å². The van der Waals surface area contributed by atoms with E-state index in [2.05, 4.69) is 24.0 Å². The summed E-state index contributed by atoms with van der Waals surface area (Å²) in [5, 5.41) is 10.1. The third-order valence-corrected chi connectivity index (χ3v) is 3.23. The predicted molar refractivity (Wildman–Crippen MR) is 73.3 cm³/mol. The molecule has 1 atom stereocenters. The van der Waals surface area contributed by atoms with Crippen LogP contribution in [0.3, 0.4) is 0 Å². The van der Waals surface area contributed by atoms with Gasteiger partial charge in [-0.1, -0.05) is 31.2 Å². The lowest BCUT2D eigenvalue weighted by molar-refractivity contribution is 0.168. The minimum absolute atomic E-state index is 0.385. The second-order valence-corrected chi connectivity index (χ2v) is 4.51. The first-order valence-corrected chi connectivity index (χ1v) is 6.45. The molecule has 94 valence electrons. The SMILES string of the molecule is CCc1ccc(C(O)CCc2ccncc2)cc1. The van der Waals surface area contributed by atoms with E-state index in [9.17, 15) is 5.11 Å². The Morgan fingerprint density at radius 3 is 2.28 bits per heavy atom. The Morgan fingerprint density at radius 2 is 1.67 bits per heavy atom. The summed E-state index contributed by atoms with van der Waals surface area (Å²) in [6.45, 7) is 2.13. The summed E-state index contributed by atoms with van der Waals surface area (Å²) in [6.07, 6.45) is 5.85. The maximum atomic E-state index is 10.1. The van der Waals surface area contributed by atoms with Crippen LogP contribution in [-0.2, 0) is 12.8 Å². The van der Waals surface area contributed by atoms with Gasteiger partial charge in [-0.2, -0.15) is 0 Å². The number of hydrogen-bond donors (Lipinski definition) is 1. The Labute approximate surface area is 108 Å². The standard InChI is InChI=1S/C16H19NO/c1-2-13-3-6-15(7-4-13)16(18)8-5-14-9-11-17-12-10-14/h3-4,6-7,9-12,16,18H,2,5,8H2,1H3. The van der Waals surface area contributed by atoms with Crippen LogP contribution in [0.15, 0.2) is 48.8 Å². The number of aliphatic hydroxyl groups is 1. The highest BCUT2D eigenvalue weighted by atomic mass is 16.3. The van der Waals surface area contributed by atoms with E-state index in [0.717, 1.165) is 24.8 Å². The fourth-order valence-corrected chi connectivity index (χ4v) is 1.99. The summed E-state index contributed by atoms with van der Waals surface area (Å²) in [5.74, 6) is 0. The lowest BCUT2D eigenvalue weighted by Gasteiger charge is -2.11. The molecule has 18 heavy (non-hydrogen) atoms. The van der Waals surface area contributed by atoms with E-state index >= 15 is 0 Å². The van der Waals surface area contributed by atoms with Gasteiger partial charge in [0.05, 0.1) is 6.10 Å². The fraction of sp³-hybridized carbons (Fsp3) is 0.312. The first kappa shape index (κ1) is 12.8. The Balaban J connectivity index is 1.93. The van der Waals surface area contributed by atoms with Gasteiger partial charge < -0.3 is 5.11 Å². The van der Waals surface area contributed by atoms with E-state index in [4.69, 9.17) is 0 Å². The number of nitrogens with zero attached hydrogens (tertiary/aromatic N) is 1. The third-order valence-electron chi connectivity index (χ3n) is 3.23. The van der Waals surface area contributed by atoms with Gasteiger partial charge in [0, 0.05) is 12.4 Å². The van der Waals surface area contributed by atoms with E-state index < -0.39 is 0 Å². The number of benzene rings is 1. The second-order valence-electron chi connectivity index (χ2n) is 4.51. The first-order chi connectivity index (χ1) is 8.79. The topological polar surface area (TPSA) is 33.1 Å². The molecule has 0 bridgehead atoms. The van der Waals surface area contributed by atoms with E-state index in [1.165, 1.54) is 11.1 Å². The van der Waals surface area contributed by atoms with Gasteiger partial charge in [0.1, 0.15) is 0 Å². The summed E-state index contributed by atoms with van der Waals surface area (Å²) in [4.78, 5) is 3.99. The van der Waals surface area contributed by atoms with Crippen LogP contribution in [0.2, 0.25) is 0 Å². The van der Waals surface area contributed by atoms with E-state index in [-0.39, 0.29) is 6.10 Å². The molecule has 0 saturated heterocycles. The largest absolute Gasteiger partial charge is 0.388 e. The molecule has 1 N–H and O–H groups in total. The van der Waals surface area contributed by atoms with Gasteiger partial charge in [-0.25, -0.2) is 0 Å². The molecule has 0 aliphatic carbocycles. The van der Waals surface area contributed by atoms with Crippen LogP contribution < -0.4 is 0 Å². The summed E-state index contributed by atoms with van der Waals surface area (Å²) >= 11 is 0. The van der Waals surface area contributed by atoms with E-state index in [0.29, 0.717) is 0 Å². The monoisotopic (exact) mass is 241 g/mol. The maximum absolute atomic E-state index is 10.1. The van der Waals surface area contributed by atoms with Crippen LogP contribution in [0, 0.1) is 0 Å². The third kappa shape index (κ3) is 3.41. The molecule has 0 fully saturated rings. The molecule has 0 saturated carbocycles. The molecule has 2 rings (SSSR count). The van der Waals surface area contributed by atoms with Crippen LogP contribution >= 0.6 is 0 Å². The first-order valence-electron chi connectivity index (χ1n) is 6.45. The molecule has 0 radical (unpaired) electrons. The van der Waals surface area contributed by atoms with Gasteiger partial charge in [-0.15, -0.1) is 0 Å². The van der Waals surface area contributed by atoms with Crippen molar-refractivity contribution in [1.82, 2.24) is 4.98 Å². The predicted octanol–water partition coefficient (Wildman–Crippen LogP) is 3.31. The zero-order valence-electron chi connectivity index (χ0n) is 10.7. The second kappa shape index (κ2) is 6.31. The molecule has 0 amide bonds. The van der Waals surface area contributed by atoms with Gasteiger partial charge in [0.25, 0.3) is 0 Å². The van der Waals surface area contributed by atoms with Crippen molar-refractivity contribution >= 4 is 0 Å². The van der Waals surface area contributed by atoms with E-state index in [1.807, 2.05) is 24.3 Å². The van der Waals surface area contributed by atoms with Crippen molar-refractivity contribution in [2.45, 2.75) is 32.3 Å². The van der Waals surface area contributed by atoms with Crippen LogP contribution in [0.5, 0.6) is 0 Å². The van der Waals surface area contributed by atoms with E-state index in [1.54, 1.807) is 12.4 Å². The summed E-state index contributed by atoms with van der Waals surface area (Å²) in [7, 11) is 0. The molecule has 0 aliphatic rings. The number of pyridine rings is 1. The average molecular weight is 241 g/mol. The zero-order valence-corrected chi connectivity index (χ0v) is 10.7. The Morgan fingerprint density at radius 1 is 1.00 bits per heavy atom. The minimum atomic E-state index is -0.385. The summed E-state index contributed by atoms with van der Waals surface area (Å²) in [5.41, 5.74) is 3.52. The highest BCUT2D eigenvalue weighted by Crippen LogP contribution is 2.19. The zero-order chi connectivity index (χ0) is 12.8. The normalized spacial score (nSPS) is 12.3. The van der Waals surface area contributed by atoms with Crippen molar-refractivity contribution in [3.63, 3.8) is 0 Å². The molecule has 0 aliphatic heterocycles. The number of rotatable bonds is 5. The van der Waals surface area contributed by atoms with Gasteiger partial charge in [-0.3, -0.25) is 4.98 Å². The Hall–Kier alpha value is -1.67. The van der Waals surface area contributed by atoms with Crippen molar-refractivity contribution in [3.05, 3.63) is 65.5 Å². The number of hydrogen-bond acceptors (Lipinski definition) is 2. The molecule has 1 unspecified atom stereocenters. The molecule has 1 heterocycles. The highest BCUT2D eigenvalue weighted by Gasteiger charge is 2.07. The molecule has 2 aromatic rings. The molecular weight excluding hydrogens is 222 g/mol. The number of aryl methyl sites for hydroxylation is 2. The number of aromatic nitrogens is 1. The average Bonchev–Trinajstić information content (AvgIpc) is 2.46. The lowest BCUT2D eigenvalue weighted by atomic mass is 10.0. The summed E-state index contributed by atoms with van der Waals surface area (Å²) in [6, 6.07) is 12.2. The molecule has 2 nitrogen and oxygen atoms in total. The van der Waals surface area contributed by atoms with Gasteiger partial charge in [0.2, 0.25) is 0 Å². The fourth-order valence-electron chi connectivity index (χ4n) is 1.99. The Bertz CT molecular complexity index is 464. The molecule has 1 aromatic heterocycles.